The molecule has 0 amide bonds. The normalized spacial score (nSPS) is 16.1. The summed E-state index contributed by atoms with van der Waals surface area (Å²) in [4.78, 5) is 5.68. The van der Waals surface area contributed by atoms with Crippen LogP contribution in [0.1, 0.15) is 29.2 Å². The maximum atomic E-state index is 10.3. The number of nitriles is 1. The van der Waals surface area contributed by atoms with Crippen molar-refractivity contribution in [3.63, 3.8) is 0 Å². The molecule has 2 heterocycles. The average Bonchev–Trinajstić information content (AvgIpc) is 2.93. The molecule has 3 aromatic carbocycles. The highest BCUT2D eigenvalue weighted by atomic mass is 32.2. The van der Waals surface area contributed by atoms with Gasteiger partial charge >= 0.3 is 0 Å². The summed E-state index contributed by atoms with van der Waals surface area (Å²) in [6.45, 7) is 2.09. The van der Waals surface area contributed by atoms with Gasteiger partial charge in [0.25, 0.3) is 0 Å². The van der Waals surface area contributed by atoms with Gasteiger partial charge in [0, 0.05) is 10.5 Å². The maximum Gasteiger partial charge on any atom is 0.134 e. The van der Waals surface area contributed by atoms with Crippen LogP contribution in [0.3, 0.4) is 0 Å². The highest BCUT2D eigenvalue weighted by Gasteiger charge is 2.35. The molecular weight excluding hydrogens is 480 g/mol. The van der Waals surface area contributed by atoms with Gasteiger partial charge in [0.15, 0.2) is 0 Å². The second-order valence-corrected chi connectivity index (χ2v) is 9.86. The number of ether oxygens (including phenoxy) is 2. The van der Waals surface area contributed by atoms with Crippen LogP contribution in [0.15, 0.2) is 94.9 Å². The third kappa shape index (κ3) is 4.59. The van der Waals surface area contributed by atoms with Crippen molar-refractivity contribution in [1.82, 2.24) is 4.98 Å². The van der Waals surface area contributed by atoms with E-state index in [1.165, 1.54) is 11.8 Å². The zero-order valence-electron chi connectivity index (χ0n) is 20.8. The Hall–Kier alpha value is -4.41. The van der Waals surface area contributed by atoms with Gasteiger partial charge in [0.1, 0.15) is 34.0 Å². The Labute approximate surface area is 220 Å². The highest BCUT2D eigenvalue weighted by molar-refractivity contribution is 7.99. The number of nitrogens with zero attached hydrogens (tertiary/aromatic N) is 2. The monoisotopic (exact) mass is 506 g/mol. The summed E-state index contributed by atoms with van der Waals surface area (Å²) in [7, 11) is 3.29. The number of aromatic nitrogens is 1. The summed E-state index contributed by atoms with van der Waals surface area (Å²) in [6.07, 6.45) is 2.14. The summed E-state index contributed by atoms with van der Waals surface area (Å²) in [5.74, 6) is 1.89. The molecule has 184 valence electrons. The van der Waals surface area contributed by atoms with Crippen molar-refractivity contribution >= 4 is 28.8 Å². The lowest BCUT2D eigenvalue weighted by molar-refractivity contribution is 0.414. The Kier molecular flexibility index (Phi) is 6.51. The Bertz CT molecular complexity index is 1510. The van der Waals surface area contributed by atoms with Crippen LogP contribution in [0.4, 0.5) is 11.5 Å². The second-order valence-electron chi connectivity index (χ2n) is 8.80. The molecule has 0 aliphatic carbocycles. The first-order chi connectivity index (χ1) is 18.0. The van der Waals surface area contributed by atoms with Crippen LogP contribution >= 0.6 is 11.8 Å². The third-order valence-corrected chi connectivity index (χ3v) is 7.44. The van der Waals surface area contributed by atoms with E-state index in [-0.39, 0.29) is 0 Å². The van der Waals surface area contributed by atoms with Crippen LogP contribution in [0.5, 0.6) is 11.5 Å². The molecule has 1 aliphatic rings. The first-order valence-corrected chi connectivity index (χ1v) is 12.5. The minimum Gasteiger partial charge on any atom is -0.497 e. The molecule has 0 fully saturated rings. The van der Waals surface area contributed by atoms with E-state index in [2.05, 4.69) is 24.4 Å². The molecule has 4 aromatic rings. The Morgan fingerprint density at radius 2 is 1.54 bits per heavy atom. The molecule has 1 atom stereocenters. The quantitative estimate of drug-likeness (QED) is 0.309. The number of hydrogen-bond acceptors (Lipinski definition) is 7. The molecule has 6 nitrogen and oxygen atoms in total. The number of nitrogens with two attached hydrogens (primary N) is 1. The Morgan fingerprint density at radius 3 is 2.14 bits per heavy atom. The van der Waals surface area contributed by atoms with E-state index in [0.717, 1.165) is 33.1 Å². The predicted molar refractivity (Wildman–Crippen MR) is 148 cm³/mol. The molecule has 0 spiro atoms. The molecule has 5 rings (SSSR count). The van der Waals surface area contributed by atoms with E-state index >= 15 is 0 Å². The first-order valence-electron chi connectivity index (χ1n) is 11.7. The molecule has 1 aliphatic heterocycles. The SMILES string of the molecule is COc1ccc(C2=C[C@](C)(c3ccc(OC)cc3)Nc3c(C#N)c(Sc4ccccc4)nc(N)c32)cc1. The van der Waals surface area contributed by atoms with Gasteiger partial charge in [-0.1, -0.05) is 54.2 Å². The van der Waals surface area contributed by atoms with Crippen molar-refractivity contribution in [3.05, 3.63) is 107 Å². The topological polar surface area (TPSA) is 93.2 Å². The number of anilines is 2. The molecule has 37 heavy (non-hydrogen) atoms. The number of pyridine rings is 1. The van der Waals surface area contributed by atoms with Gasteiger partial charge in [0.05, 0.1) is 25.4 Å². The van der Waals surface area contributed by atoms with Crippen molar-refractivity contribution in [3.8, 4) is 17.6 Å². The lowest BCUT2D eigenvalue weighted by Crippen LogP contribution is -2.34. The van der Waals surface area contributed by atoms with Gasteiger partial charge in [-0.05, 0) is 66.1 Å². The number of hydrogen-bond donors (Lipinski definition) is 2. The predicted octanol–water partition coefficient (Wildman–Crippen LogP) is 6.48. The van der Waals surface area contributed by atoms with E-state index in [0.29, 0.717) is 27.7 Å². The fraction of sp³-hybridized carbons (Fsp3) is 0.133. The smallest absolute Gasteiger partial charge is 0.134 e. The van der Waals surface area contributed by atoms with Crippen molar-refractivity contribution < 1.29 is 9.47 Å². The molecule has 0 bridgehead atoms. The summed E-state index contributed by atoms with van der Waals surface area (Å²) >= 11 is 1.42. The number of benzene rings is 3. The van der Waals surface area contributed by atoms with Gasteiger partial charge in [-0.3, -0.25) is 0 Å². The molecule has 7 heteroatoms. The Balaban J connectivity index is 1.72. The fourth-order valence-corrected chi connectivity index (χ4v) is 5.41. The number of nitrogens with one attached hydrogen (secondary N) is 1. The molecule has 0 radical (unpaired) electrons. The summed E-state index contributed by atoms with van der Waals surface area (Å²) < 4.78 is 10.7. The number of nitrogen functional groups attached to an aromatic ring is 1. The molecule has 0 saturated heterocycles. The van der Waals surface area contributed by atoms with Crippen molar-refractivity contribution in [1.29, 1.82) is 5.26 Å². The van der Waals surface area contributed by atoms with Gasteiger partial charge in [-0.25, -0.2) is 4.98 Å². The largest absolute Gasteiger partial charge is 0.497 e. The molecular formula is C30H26N4O2S. The van der Waals surface area contributed by atoms with Gasteiger partial charge in [-0.15, -0.1) is 0 Å². The third-order valence-electron chi connectivity index (χ3n) is 6.44. The van der Waals surface area contributed by atoms with Crippen LogP contribution in [-0.4, -0.2) is 19.2 Å². The van der Waals surface area contributed by atoms with Gasteiger partial charge in [-0.2, -0.15) is 5.26 Å². The number of fused-ring (bicyclic) bond motifs is 1. The molecule has 3 N–H and O–H groups in total. The minimum absolute atomic E-state index is 0.360. The highest BCUT2D eigenvalue weighted by Crippen LogP contribution is 2.47. The molecule has 1 aromatic heterocycles. The summed E-state index contributed by atoms with van der Waals surface area (Å²) in [6, 6.07) is 28.0. The standard InChI is InChI=1S/C30H26N4O2S/c1-30(20-11-15-22(36-3)16-12-20)17-24(19-9-13-21(35-2)14-10-19)26-27(34-30)25(18-31)29(33-28(26)32)37-23-7-5-4-6-8-23/h4-17,34H,1-3H3,(H2,32,33)/t30-/m1/s1. The number of methoxy groups -OCH3 is 2. The first kappa shape index (κ1) is 24.3. The van der Waals surface area contributed by atoms with Crippen molar-refractivity contribution in [2.45, 2.75) is 22.4 Å². The van der Waals surface area contributed by atoms with Crippen LogP contribution in [0.2, 0.25) is 0 Å². The van der Waals surface area contributed by atoms with Gasteiger partial charge < -0.3 is 20.5 Å². The van der Waals surface area contributed by atoms with Crippen LogP contribution in [-0.2, 0) is 5.54 Å². The lowest BCUT2D eigenvalue weighted by Gasteiger charge is -2.37. The zero-order chi connectivity index (χ0) is 26.0. The van der Waals surface area contributed by atoms with Crippen molar-refractivity contribution in [2.75, 3.05) is 25.3 Å². The second kappa shape index (κ2) is 9.92. The van der Waals surface area contributed by atoms with E-state index in [9.17, 15) is 5.26 Å². The molecule has 0 unspecified atom stereocenters. The maximum absolute atomic E-state index is 10.3. The van der Waals surface area contributed by atoms with E-state index in [4.69, 9.17) is 20.2 Å². The Morgan fingerprint density at radius 1 is 0.919 bits per heavy atom. The lowest BCUT2D eigenvalue weighted by atomic mass is 9.81. The summed E-state index contributed by atoms with van der Waals surface area (Å²) in [5, 5.41) is 14.5. The average molecular weight is 507 g/mol. The summed E-state index contributed by atoms with van der Waals surface area (Å²) in [5.41, 5.74) is 10.7. The van der Waals surface area contributed by atoms with Crippen LogP contribution < -0.4 is 20.5 Å². The minimum atomic E-state index is -0.636. The zero-order valence-corrected chi connectivity index (χ0v) is 21.6. The molecule has 0 saturated carbocycles. The van der Waals surface area contributed by atoms with E-state index in [1.807, 2.05) is 78.9 Å². The van der Waals surface area contributed by atoms with E-state index in [1.54, 1.807) is 14.2 Å². The van der Waals surface area contributed by atoms with Crippen molar-refractivity contribution in [2.24, 2.45) is 0 Å². The fourth-order valence-electron chi connectivity index (χ4n) is 4.50. The van der Waals surface area contributed by atoms with Crippen LogP contribution in [0, 0.1) is 11.3 Å². The van der Waals surface area contributed by atoms with E-state index < -0.39 is 5.54 Å². The number of rotatable bonds is 6. The van der Waals surface area contributed by atoms with Crippen LogP contribution in [0.25, 0.3) is 5.57 Å². The van der Waals surface area contributed by atoms with Gasteiger partial charge in [0.2, 0.25) is 0 Å².